The van der Waals surface area contributed by atoms with Crippen molar-refractivity contribution in [3.8, 4) is 0 Å². The van der Waals surface area contributed by atoms with Gasteiger partial charge in [0.15, 0.2) is 0 Å². The van der Waals surface area contributed by atoms with Crippen LogP contribution in [0.2, 0.25) is 0 Å². The van der Waals surface area contributed by atoms with Gasteiger partial charge in [0.2, 0.25) is 0 Å². The molecule has 0 radical (unpaired) electrons. The molecular weight excluding hydrogens is 200 g/mol. The molecule has 5 nitrogen and oxygen atoms in total. The highest BCUT2D eigenvalue weighted by molar-refractivity contribution is 7.80. The van der Waals surface area contributed by atoms with E-state index < -0.39 is 0 Å². The van der Waals surface area contributed by atoms with Crippen molar-refractivity contribution in [3.63, 3.8) is 0 Å². The number of amides is 1. The minimum absolute atomic E-state index is 0.166. The lowest BCUT2D eigenvalue weighted by atomic mass is 10.3. The summed E-state index contributed by atoms with van der Waals surface area (Å²) in [6.07, 6.45) is 2.08. The minimum Gasteiger partial charge on any atom is -0.393 e. The van der Waals surface area contributed by atoms with Gasteiger partial charge in [-0.2, -0.15) is 5.10 Å². The van der Waals surface area contributed by atoms with Crippen LogP contribution in [0.15, 0.2) is 12.3 Å². The summed E-state index contributed by atoms with van der Waals surface area (Å²) in [6.45, 7) is 0.458. The summed E-state index contributed by atoms with van der Waals surface area (Å²) in [6, 6.07) is 1.65. The Balaban J connectivity index is 2.44. The van der Waals surface area contributed by atoms with E-state index >= 15 is 0 Å². The molecule has 14 heavy (non-hydrogen) atoms. The molecule has 1 heterocycles. The van der Waals surface area contributed by atoms with Gasteiger partial charge in [-0.05, 0) is 6.07 Å². The highest BCUT2D eigenvalue weighted by Gasteiger charge is 2.08. The van der Waals surface area contributed by atoms with E-state index in [2.05, 4.69) is 22.6 Å². The molecule has 1 amide bonds. The molecule has 0 bridgehead atoms. The molecule has 0 spiro atoms. The Morgan fingerprint density at radius 1 is 1.79 bits per heavy atom. The molecule has 1 aromatic heterocycles. The predicted octanol–water partition coefficient (Wildman–Crippen LogP) is -0.174. The summed E-state index contributed by atoms with van der Waals surface area (Å²) >= 11 is 4.68. The van der Waals surface area contributed by atoms with E-state index in [0.29, 0.717) is 23.6 Å². The third-order valence-corrected chi connectivity index (χ3v) is 1.91. The number of carbonyl (C=O) groups excluding carboxylic acids is 1. The Morgan fingerprint density at radius 3 is 3.00 bits per heavy atom. The van der Waals surface area contributed by atoms with Gasteiger partial charge in [-0.1, -0.05) is 12.2 Å². The van der Waals surface area contributed by atoms with Gasteiger partial charge in [0, 0.05) is 26.2 Å². The van der Waals surface area contributed by atoms with Crippen molar-refractivity contribution in [3.05, 3.63) is 18.0 Å². The molecule has 1 aromatic rings. The fraction of sp³-hybridized carbons (Fsp3) is 0.375. The number of nitrogens with one attached hydrogen (secondary N) is 1. The standard InChI is InChI=1S/C8H12N4OS/c1-12-6(2-5-11-12)8(13)10-4-3-7(9)14/h2,5H,3-4H2,1H3,(H2,9,14)(H,10,13). The molecule has 0 aromatic carbocycles. The highest BCUT2D eigenvalue weighted by Crippen LogP contribution is 1.95. The van der Waals surface area contributed by atoms with Crippen LogP contribution in [-0.2, 0) is 7.05 Å². The van der Waals surface area contributed by atoms with Gasteiger partial charge in [-0.3, -0.25) is 9.48 Å². The van der Waals surface area contributed by atoms with Crippen LogP contribution in [0.3, 0.4) is 0 Å². The van der Waals surface area contributed by atoms with Crippen molar-refractivity contribution in [2.24, 2.45) is 12.8 Å². The van der Waals surface area contributed by atoms with Crippen LogP contribution in [0.25, 0.3) is 0 Å². The lowest BCUT2D eigenvalue weighted by molar-refractivity contribution is 0.0945. The average Bonchev–Trinajstić information content (AvgIpc) is 2.50. The molecule has 1 rings (SSSR count). The monoisotopic (exact) mass is 212 g/mol. The second-order valence-corrected chi connectivity index (χ2v) is 3.34. The molecule has 0 fully saturated rings. The van der Waals surface area contributed by atoms with Crippen LogP contribution in [0, 0.1) is 0 Å². The second-order valence-electron chi connectivity index (χ2n) is 2.81. The highest BCUT2D eigenvalue weighted by atomic mass is 32.1. The summed E-state index contributed by atoms with van der Waals surface area (Å²) in [4.78, 5) is 11.9. The smallest absolute Gasteiger partial charge is 0.269 e. The molecular formula is C8H12N4OS. The third-order valence-electron chi connectivity index (χ3n) is 1.71. The molecule has 3 N–H and O–H groups in total. The topological polar surface area (TPSA) is 72.9 Å². The van der Waals surface area contributed by atoms with Crippen molar-refractivity contribution in [2.45, 2.75) is 6.42 Å². The molecule has 76 valence electrons. The van der Waals surface area contributed by atoms with Crippen LogP contribution < -0.4 is 11.1 Å². The molecule has 0 unspecified atom stereocenters. The maximum Gasteiger partial charge on any atom is 0.269 e. The number of aromatic nitrogens is 2. The van der Waals surface area contributed by atoms with E-state index in [9.17, 15) is 4.79 Å². The number of nitrogens with two attached hydrogens (primary N) is 1. The number of hydrogen-bond acceptors (Lipinski definition) is 3. The van der Waals surface area contributed by atoms with Crippen molar-refractivity contribution in [1.82, 2.24) is 15.1 Å². The molecule has 6 heteroatoms. The fourth-order valence-electron chi connectivity index (χ4n) is 0.986. The van der Waals surface area contributed by atoms with Gasteiger partial charge < -0.3 is 11.1 Å². The Labute approximate surface area is 87.3 Å². The molecule has 0 aliphatic rings. The van der Waals surface area contributed by atoms with Crippen molar-refractivity contribution >= 4 is 23.1 Å². The van der Waals surface area contributed by atoms with Crippen molar-refractivity contribution < 1.29 is 4.79 Å². The second kappa shape index (κ2) is 4.71. The summed E-state index contributed by atoms with van der Waals surface area (Å²) in [7, 11) is 1.71. The number of rotatable bonds is 4. The molecule has 0 saturated carbocycles. The van der Waals surface area contributed by atoms with E-state index in [4.69, 9.17) is 5.73 Å². The van der Waals surface area contributed by atoms with E-state index in [0.717, 1.165) is 0 Å². The Hall–Kier alpha value is -1.43. The number of carbonyl (C=O) groups is 1. The van der Waals surface area contributed by atoms with Crippen LogP contribution in [0.1, 0.15) is 16.9 Å². The van der Waals surface area contributed by atoms with Gasteiger partial charge in [-0.15, -0.1) is 0 Å². The zero-order valence-electron chi connectivity index (χ0n) is 7.86. The molecule has 0 saturated heterocycles. The summed E-state index contributed by atoms with van der Waals surface area (Å²) in [5, 5.41) is 6.58. The molecule has 0 atom stereocenters. The summed E-state index contributed by atoms with van der Waals surface area (Å²) in [5.74, 6) is -0.166. The van der Waals surface area contributed by atoms with Gasteiger partial charge in [-0.25, -0.2) is 0 Å². The van der Waals surface area contributed by atoms with Crippen molar-refractivity contribution in [1.29, 1.82) is 0 Å². The predicted molar refractivity (Wildman–Crippen MR) is 56.9 cm³/mol. The van der Waals surface area contributed by atoms with Crippen molar-refractivity contribution in [2.75, 3.05) is 6.54 Å². The first-order valence-corrected chi connectivity index (χ1v) is 4.56. The Bertz CT molecular complexity index is 347. The van der Waals surface area contributed by atoms with Gasteiger partial charge in [0.25, 0.3) is 5.91 Å². The minimum atomic E-state index is -0.166. The molecule has 0 aliphatic heterocycles. The van der Waals surface area contributed by atoms with Gasteiger partial charge in [0.1, 0.15) is 5.69 Å². The zero-order chi connectivity index (χ0) is 10.6. The quantitative estimate of drug-likeness (QED) is 0.679. The maximum atomic E-state index is 11.5. The Morgan fingerprint density at radius 2 is 2.50 bits per heavy atom. The zero-order valence-corrected chi connectivity index (χ0v) is 8.67. The molecule has 0 aliphatic carbocycles. The first-order valence-electron chi connectivity index (χ1n) is 4.16. The van der Waals surface area contributed by atoms with Crippen LogP contribution in [0.5, 0.6) is 0 Å². The fourth-order valence-corrected chi connectivity index (χ4v) is 1.09. The van der Waals surface area contributed by atoms with Gasteiger partial charge in [0.05, 0.1) is 4.99 Å². The number of aryl methyl sites for hydroxylation is 1. The summed E-state index contributed by atoms with van der Waals surface area (Å²) in [5.41, 5.74) is 5.81. The van der Waals surface area contributed by atoms with E-state index in [1.165, 1.54) is 4.68 Å². The normalized spacial score (nSPS) is 9.79. The summed E-state index contributed by atoms with van der Waals surface area (Å²) < 4.78 is 1.51. The maximum absolute atomic E-state index is 11.5. The van der Waals surface area contributed by atoms with Crippen LogP contribution in [0.4, 0.5) is 0 Å². The average molecular weight is 212 g/mol. The van der Waals surface area contributed by atoms with Crippen LogP contribution in [-0.4, -0.2) is 27.2 Å². The van der Waals surface area contributed by atoms with Crippen LogP contribution >= 0.6 is 12.2 Å². The lowest BCUT2D eigenvalue weighted by Crippen LogP contribution is -2.28. The first kappa shape index (κ1) is 10.6. The van der Waals surface area contributed by atoms with E-state index in [-0.39, 0.29) is 5.91 Å². The van der Waals surface area contributed by atoms with E-state index in [1.54, 1.807) is 19.3 Å². The SMILES string of the molecule is Cn1nccc1C(=O)NCCC(N)=S. The first-order chi connectivity index (χ1) is 6.61. The Kier molecular flexibility index (Phi) is 3.58. The number of hydrogen-bond donors (Lipinski definition) is 2. The lowest BCUT2D eigenvalue weighted by Gasteiger charge is -2.03. The number of nitrogens with zero attached hydrogens (tertiary/aromatic N) is 2. The van der Waals surface area contributed by atoms with Gasteiger partial charge >= 0.3 is 0 Å². The number of thiocarbonyl (C=S) groups is 1. The largest absolute Gasteiger partial charge is 0.393 e. The van der Waals surface area contributed by atoms with E-state index in [1.807, 2.05) is 0 Å². The third kappa shape index (κ3) is 2.81.